The SMILES string of the molecule is COc1cnn(C)c1C(O)c1ccc(F)c(C(F)(F)F)c1. The van der Waals surface area contributed by atoms with E-state index >= 15 is 0 Å². The summed E-state index contributed by atoms with van der Waals surface area (Å²) in [6.07, 6.45) is -4.93. The van der Waals surface area contributed by atoms with E-state index in [0.717, 1.165) is 6.07 Å². The highest BCUT2D eigenvalue weighted by Crippen LogP contribution is 2.35. The number of hydrogen-bond acceptors (Lipinski definition) is 3. The third-order valence-corrected chi connectivity index (χ3v) is 3.04. The fourth-order valence-electron chi connectivity index (χ4n) is 1.98. The Kier molecular flexibility index (Phi) is 3.91. The molecule has 8 heteroatoms. The van der Waals surface area contributed by atoms with Gasteiger partial charge in [0.15, 0.2) is 5.75 Å². The van der Waals surface area contributed by atoms with E-state index in [1.165, 1.54) is 25.0 Å². The van der Waals surface area contributed by atoms with Gasteiger partial charge in [0, 0.05) is 7.05 Å². The van der Waals surface area contributed by atoms with E-state index in [1.807, 2.05) is 0 Å². The number of benzene rings is 1. The van der Waals surface area contributed by atoms with Crippen LogP contribution in [0, 0.1) is 5.82 Å². The van der Waals surface area contributed by atoms with E-state index in [2.05, 4.69) is 5.10 Å². The summed E-state index contributed by atoms with van der Waals surface area (Å²) in [5.41, 5.74) is -1.36. The van der Waals surface area contributed by atoms with Crippen molar-refractivity contribution in [1.29, 1.82) is 0 Å². The molecule has 1 aromatic heterocycles. The number of ether oxygens (including phenoxy) is 1. The topological polar surface area (TPSA) is 47.3 Å². The van der Waals surface area contributed by atoms with Crippen LogP contribution in [-0.2, 0) is 13.2 Å². The van der Waals surface area contributed by atoms with Crippen LogP contribution >= 0.6 is 0 Å². The monoisotopic (exact) mass is 304 g/mol. The van der Waals surface area contributed by atoms with Crippen molar-refractivity contribution in [2.45, 2.75) is 12.3 Å². The van der Waals surface area contributed by atoms with Crippen molar-refractivity contribution in [1.82, 2.24) is 9.78 Å². The smallest absolute Gasteiger partial charge is 0.419 e. The van der Waals surface area contributed by atoms with Gasteiger partial charge < -0.3 is 9.84 Å². The first-order chi connectivity index (χ1) is 9.75. The minimum atomic E-state index is -4.84. The number of halogens is 4. The van der Waals surface area contributed by atoms with Crippen LogP contribution in [0.4, 0.5) is 17.6 Å². The molecule has 0 bridgehead atoms. The summed E-state index contributed by atoms with van der Waals surface area (Å²) < 4.78 is 57.6. The molecule has 0 radical (unpaired) electrons. The Balaban J connectivity index is 2.49. The van der Waals surface area contributed by atoms with Crippen LogP contribution in [-0.4, -0.2) is 22.0 Å². The molecule has 0 amide bonds. The van der Waals surface area contributed by atoms with E-state index in [4.69, 9.17) is 4.74 Å². The van der Waals surface area contributed by atoms with Crippen molar-refractivity contribution in [3.63, 3.8) is 0 Å². The Bertz CT molecular complexity index is 652. The normalized spacial score (nSPS) is 13.3. The largest absolute Gasteiger partial charge is 0.493 e. The van der Waals surface area contributed by atoms with Gasteiger partial charge in [0.25, 0.3) is 0 Å². The lowest BCUT2D eigenvalue weighted by atomic mass is 10.0. The lowest BCUT2D eigenvalue weighted by molar-refractivity contribution is -0.140. The first-order valence-electron chi connectivity index (χ1n) is 5.86. The van der Waals surface area contributed by atoms with Crippen LogP contribution in [0.15, 0.2) is 24.4 Å². The van der Waals surface area contributed by atoms with E-state index in [1.54, 1.807) is 0 Å². The molecule has 0 saturated heterocycles. The zero-order valence-corrected chi connectivity index (χ0v) is 11.1. The summed E-state index contributed by atoms with van der Waals surface area (Å²) >= 11 is 0. The molecule has 0 aliphatic heterocycles. The maximum Gasteiger partial charge on any atom is 0.419 e. The lowest BCUT2D eigenvalue weighted by Gasteiger charge is -2.16. The molecule has 0 fully saturated rings. The quantitative estimate of drug-likeness (QED) is 0.887. The molecule has 2 aromatic rings. The van der Waals surface area contributed by atoms with Gasteiger partial charge in [-0.05, 0) is 17.7 Å². The van der Waals surface area contributed by atoms with Gasteiger partial charge in [0.1, 0.15) is 17.6 Å². The molecule has 2 rings (SSSR count). The Morgan fingerprint density at radius 3 is 2.57 bits per heavy atom. The maximum atomic E-state index is 13.3. The van der Waals surface area contributed by atoms with Gasteiger partial charge in [-0.1, -0.05) is 6.07 Å². The van der Waals surface area contributed by atoms with Gasteiger partial charge in [-0.2, -0.15) is 18.3 Å². The first kappa shape index (κ1) is 15.3. The highest BCUT2D eigenvalue weighted by molar-refractivity contribution is 5.37. The summed E-state index contributed by atoms with van der Waals surface area (Å²) in [5.74, 6) is -1.17. The number of aromatic nitrogens is 2. The Labute approximate surface area is 117 Å². The van der Waals surface area contributed by atoms with Crippen molar-refractivity contribution >= 4 is 0 Å². The number of hydrogen-bond donors (Lipinski definition) is 1. The summed E-state index contributed by atoms with van der Waals surface area (Å²) in [4.78, 5) is 0. The average molecular weight is 304 g/mol. The summed E-state index contributed by atoms with van der Waals surface area (Å²) in [6, 6.07) is 2.33. The van der Waals surface area contributed by atoms with Crippen molar-refractivity contribution in [3.8, 4) is 5.75 Å². The van der Waals surface area contributed by atoms with Gasteiger partial charge >= 0.3 is 6.18 Å². The van der Waals surface area contributed by atoms with Gasteiger partial charge in [0.05, 0.1) is 18.9 Å². The van der Waals surface area contributed by atoms with Gasteiger partial charge in [0.2, 0.25) is 0 Å². The number of methoxy groups -OCH3 is 1. The van der Waals surface area contributed by atoms with Gasteiger partial charge in [-0.15, -0.1) is 0 Å². The average Bonchev–Trinajstić information content (AvgIpc) is 2.78. The predicted molar refractivity (Wildman–Crippen MR) is 65.2 cm³/mol. The first-order valence-corrected chi connectivity index (χ1v) is 5.86. The molecule has 1 heterocycles. The third kappa shape index (κ3) is 2.85. The Hall–Kier alpha value is -2.09. The minimum Gasteiger partial charge on any atom is -0.493 e. The molecular formula is C13H12F4N2O2. The molecule has 1 N–H and O–H groups in total. The number of aryl methyl sites for hydroxylation is 1. The maximum absolute atomic E-state index is 13.3. The molecule has 0 saturated carbocycles. The van der Waals surface area contributed by atoms with Crippen LogP contribution in [0.3, 0.4) is 0 Å². The molecule has 1 atom stereocenters. The molecule has 0 spiro atoms. The van der Waals surface area contributed by atoms with Crippen LogP contribution in [0.2, 0.25) is 0 Å². The van der Waals surface area contributed by atoms with Gasteiger partial charge in [-0.25, -0.2) is 4.39 Å². The molecular weight excluding hydrogens is 292 g/mol. The predicted octanol–water partition coefficient (Wildman–Crippen LogP) is 2.67. The molecule has 0 aliphatic rings. The number of rotatable bonds is 3. The zero-order chi connectivity index (χ0) is 15.8. The summed E-state index contributed by atoms with van der Waals surface area (Å²) in [5, 5.41) is 14.1. The molecule has 1 aromatic carbocycles. The van der Waals surface area contributed by atoms with Crippen molar-refractivity contribution in [2.24, 2.45) is 7.05 Å². The molecule has 4 nitrogen and oxygen atoms in total. The fourth-order valence-corrected chi connectivity index (χ4v) is 1.98. The van der Waals surface area contributed by atoms with Crippen LogP contribution < -0.4 is 4.74 Å². The number of alkyl halides is 3. The molecule has 114 valence electrons. The summed E-state index contributed by atoms with van der Waals surface area (Å²) in [6.45, 7) is 0. The van der Waals surface area contributed by atoms with E-state index in [9.17, 15) is 22.7 Å². The van der Waals surface area contributed by atoms with Crippen LogP contribution in [0.25, 0.3) is 0 Å². The second kappa shape index (κ2) is 5.36. The third-order valence-electron chi connectivity index (χ3n) is 3.04. The second-order valence-electron chi connectivity index (χ2n) is 4.36. The van der Waals surface area contributed by atoms with Crippen LogP contribution in [0.5, 0.6) is 5.75 Å². The second-order valence-corrected chi connectivity index (χ2v) is 4.36. The fraction of sp³-hybridized carbons (Fsp3) is 0.308. The van der Waals surface area contributed by atoms with Crippen molar-refractivity contribution < 1.29 is 27.4 Å². The molecule has 1 unspecified atom stereocenters. The highest BCUT2D eigenvalue weighted by Gasteiger charge is 2.35. The lowest BCUT2D eigenvalue weighted by Crippen LogP contribution is -2.12. The molecule has 21 heavy (non-hydrogen) atoms. The Morgan fingerprint density at radius 1 is 1.33 bits per heavy atom. The van der Waals surface area contributed by atoms with Gasteiger partial charge in [-0.3, -0.25) is 4.68 Å². The number of nitrogens with zero attached hydrogens (tertiary/aromatic N) is 2. The number of aliphatic hydroxyl groups excluding tert-OH is 1. The number of aliphatic hydroxyl groups is 1. The van der Waals surface area contributed by atoms with E-state index in [-0.39, 0.29) is 17.0 Å². The summed E-state index contributed by atoms with van der Waals surface area (Å²) in [7, 11) is 2.86. The van der Waals surface area contributed by atoms with Crippen molar-refractivity contribution in [3.05, 3.63) is 47.0 Å². The minimum absolute atomic E-state index is 0.106. The van der Waals surface area contributed by atoms with E-state index in [0.29, 0.717) is 12.1 Å². The van der Waals surface area contributed by atoms with Crippen molar-refractivity contribution in [2.75, 3.05) is 7.11 Å². The molecule has 0 aliphatic carbocycles. The van der Waals surface area contributed by atoms with Crippen LogP contribution in [0.1, 0.15) is 22.9 Å². The zero-order valence-electron chi connectivity index (χ0n) is 11.1. The van der Waals surface area contributed by atoms with E-state index < -0.39 is 23.7 Å². The standard InChI is InChI=1S/C13H12F4N2O2/c1-19-11(10(21-2)6-18-19)12(20)7-3-4-9(14)8(5-7)13(15,16)17/h3-6,12,20H,1-2H3. The highest BCUT2D eigenvalue weighted by atomic mass is 19.4. The Morgan fingerprint density at radius 2 is 2.00 bits per heavy atom.